The maximum absolute atomic E-state index is 9.42. The SMILES string of the molecule is Cc1[nH]c2nc(Nc3cnn(C)c3C)nc(C3CC3)c2c1C#N. The zero-order valence-corrected chi connectivity index (χ0v) is 13.3. The van der Waals surface area contributed by atoms with E-state index in [0.717, 1.165) is 46.6 Å². The number of hydrogen-bond acceptors (Lipinski definition) is 5. The molecule has 3 heterocycles. The topological polar surface area (TPSA) is 95.2 Å². The number of nitriles is 1. The van der Waals surface area contributed by atoms with Gasteiger partial charge in [-0.25, -0.2) is 4.98 Å². The molecule has 3 aromatic heterocycles. The van der Waals surface area contributed by atoms with Crippen LogP contribution in [0.2, 0.25) is 0 Å². The summed E-state index contributed by atoms with van der Waals surface area (Å²) in [6.07, 6.45) is 4.00. The predicted molar refractivity (Wildman–Crippen MR) is 86.5 cm³/mol. The lowest BCUT2D eigenvalue weighted by atomic mass is 10.1. The molecule has 0 bridgehead atoms. The number of rotatable bonds is 3. The molecular formula is C16H17N7. The first-order valence-corrected chi connectivity index (χ1v) is 7.64. The Morgan fingerprint density at radius 1 is 1.35 bits per heavy atom. The molecule has 1 saturated carbocycles. The monoisotopic (exact) mass is 307 g/mol. The van der Waals surface area contributed by atoms with Crippen molar-refractivity contribution in [3.63, 3.8) is 0 Å². The third-order valence-electron chi connectivity index (χ3n) is 4.43. The molecule has 0 aliphatic heterocycles. The molecule has 7 heteroatoms. The molecule has 0 amide bonds. The van der Waals surface area contributed by atoms with E-state index < -0.39 is 0 Å². The maximum atomic E-state index is 9.42. The average Bonchev–Trinajstić information content (AvgIpc) is 3.26. The Kier molecular flexibility index (Phi) is 2.88. The zero-order valence-electron chi connectivity index (χ0n) is 13.3. The van der Waals surface area contributed by atoms with Gasteiger partial charge in [0.05, 0.1) is 34.2 Å². The molecule has 1 aliphatic carbocycles. The number of fused-ring (bicyclic) bond motifs is 1. The van der Waals surface area contributed by atoms with Gasteiger partial charge in [0.15, 0.2) is 0 Å². The van der Waals surface area contributed by atoms with Crippen LogP contribution in [0.25, 0.3) is 11.0 Å². The minimum atomic E-state index is 0.429. The van der Waals surface area contributed by atoms with Gasteiger partial charge in [-0.1, -0.05) is 0 Å². The molecule has 2 N–H and O–H groups in total. The van der Waals surface area contributed by atoms with E-state index in [2.05, 4.69) is 26.5 Å². The van der Waals surface area contributed by atoms with Crippen molar-refractivity contribution in [1.29, 1.82) is 5.26 Å². The van der Waals surface area contributed by atoms with Crippen LogP contribution in [0.4, 0.5) is 11.6 Å². The van der Waals surface area contributed by atoms with Crippen molar-refractivity contribution >= 4 is 22.7 Å². The molecule has 23 heavy (non-hydrogen) atoms. The molecule has 0 saturated heterocycles. The minimum absolute atomic E-state index is 0.429. The fraction of sp³-hybridized carbons (Fsp3) is 0.375. The van der Waals surface area contributed by atoms with Gasteiger partial charge in [0.1, 0.15) is 11.7 Å². The molecule has 3 aromatic rings. The summed E-state index contributed by atoms with van der Waals surface area (Å²) in [5.74, 6) is 0.972. The normalized spacial score (nSPS) is 14.2. The van der Waals surface area contributed by atoms with Crippen molar-refractivity contribution < 1.29 is 0 Å². The number of aryl methyl sites for hydroxylation is 2. The molecule has 1 fully saturated rings. The number of aromatic amines is 1. The van der Waals surface area contributed by atoms with Crippen LogP contribution in [0.1, 0.15) is 41.4 Å². The molecular weight excluding hydrogens is 290 g/mol. The molecule has 7 nitrogen and oxygen atoms in total. The number of anilines is 2. The quantitative estimate of drug-likeness (QED) is 0.775. The van der Waals surface area contributed by atoms with Gasteiger partial charge in [0.25, 0.3) is 0 Å². The van der Waals surface area contributed by atoms with Gasteiger partial charge in [0, 0.05) is 18.7 Å². The Morgan fingerprint density at radius 2 is 2.13 bits per heavy atom. The number of H-pyrrole nitrogens is 1. The van der Waals surface area contributed by atoms with Crippen LogP contribution in [-0.2, 0) is 7.05 Å². The van der Waals surface area contributed by atoms with Gasteiger partial charge < -0.3 is 10.3 Å². The van der Waals surface area contributed by atoms with Crippen molar-refractivity contribution in [3.8, 4) is 6.07 Å². The van der Waals surface area contributed by atoms with Crippen LogP contribution in [-0.4, -0.2) is 24.7 Å². The number of aromatic nitrogens is 5. The lowest BCUT2D eigenvalue weighted by molar-refractivity contribution is 0.740. The first kappa shape index (κ1) is 13.8. The third kappa shape index (κ3) is 2.14. The van der Waals surface area contributed by atoms with Crippen LogP contribution in [0.5, 0.6) is 0 Å². The first-order valence-electron chi connectivity index (χ1n) is 7.64. The third-order valence-corrected chi connectivity index (χ3v) is 4.43. The molecule has 0 spiro atoms. The van der Waals surface area contributed by atoms with Crippen molar-refractivity contribution in [2.24, 2.45) is 7.05 Å². The summed E-state index contributed by atoms with van der Waals surface area (Å²) in [5.41, 5.74) is 5.10. The number of nitrogens with zero attached hydrogens (tertiary/aromatic N) is 5. The molecule has 0 unspecified atom stereocenters. The summed E-state index contributed by atoms with van der Waals surface area (Å²) in [6, 6.07) is 2.28. The van der Waals surface area contributed by atoms with E-state index in [0.29, 0.717) is 17.4 Å². The van der Waals surface area contributed by atoms with E-state index in [4.69, 9.17) is 4.98 Å². The summed E-state index contributed by atoms with van der Waals surface area (Å²) in [4.78, 5) is 12.5. The lowest BCUT2D eigenvalue weighted by Crippen LogP contribution is -2.02. The highest BCUT2D eigenvalue weighted by Crippen LogP contribution is 2.43. The van der Waals surface area contributed by atoms with Gasteiger partial charge in [0.2, 0.25) is 5.95 Å². The molecule has 0 atom stereocenters. The lowest BCUT2D eigenvalue weighted by Gasteiger charge is -2.07. The zero-order chi connectivity index (χ0) is 16.1. The number of nitrogens with one attached hydrogen (secondary N) is 2. The highest BCUT2D eigenvalue weighted by Gasteiger charge is 2.30. The fourth-order valence-corrected chi connectivity index (χ4v) is 2.83. The largest absolute Gasteiger partial charge is 0.342 e. The van der Waals surface area contributed by atoms with Gasteiger partial charge in [-0.05, 0) is 26.7 Å². The van der Waals surface area contributed by atoms with E-state index >= 15 is 0 Å². The van der Waals surface area contributed by atoms with Crippen LogP contribution < -0.4 is 5.32 Å². The van der Waals surface area contributed by atoms with Crippen molar-refractivity contribution in [3.05, 3.63) is 28.8 Å². The van der Waals surface area contributed by atoms with Crippen LogP contribution in [0, 0.1) is 25.2 Å². The second kappa shape index (κ2) is 4.81. The number of hydrogen-bond donors (Lipinski definition) is 2. The van der Waals surface area contributed by atoms with Gasteiger partial charge in [-0.2, -0.15) is 15.3 Å². The molecule has 116 valence electrons. The van der Waals surface area contributed by atoms with Gasteiger partial charge >= 0.3 is 0 Å². The van der Waals surface area contributed by atoms with E-state index in [1.807, 2.05) is 20.9 Å². The van der Waals surface area contributed by atoms with E-state index in [-0.39, 0.29) is 0 Å². The van der Waals surface area contributed by atoms with Crippen molar-refractivity contribution in [2.45, 2.75) is 32.6 Å². The van der Waals surface area contributed by atoms with Crippen LogP contribution >= 0.6 is 0 Å². The molecule has 1 aliphatic rings. The standard InChI is InChI=1S/C16H17N7/c1-8-11(6-17)13-14(10-4-5-10)21-16(22-15(13)19-8)20-12-7-18-23(3)9(12)2/h7,10H,4-5H2,1-3H3,(H2,19,20,21,22). The summed E-state index contributed by atoms with van der Waals surface area (Å²) >= 11 is 0. The van der Waals surface area contributed by atoms with Gasteiger partial charge in [-0.3, -0.25) is 4.68 Å². The Morgan fingerprint density at radius 3 is 2.74 bits per heavy atom. The summed E-state index contributed by atoms with van der Waals surface area (Å²) in [6.45, 7) is 3.89. The van der Waals surface area contributed by atoms with Crippen molar-refractivity contribution in [2.75, 3.05) is 5.32 Å². The second-order valence-corrected chi connectivity index (χ2v) is 6.06. The van der Waals surface area contributed by atoms with Crippen LogP contribution in [0.3, 0.4) is 0 Å². The van der Waals surface area contributed by atoms with Gasteiger partial charge in [-0.15, -0.1) is 0 Å². The summed E-state index contributed by atoms with van der Waals surface area (Å²) in [5, 5.41) is 17.8. The predicted octanol–water partition coefficient (Wildman–Crippen LogP) is 2.80. The minimum Gasteiger partial charge on any atom is -0.342 e. The Hall–Kier alpha value is -2.88. The van der Waals surface area contributed by atoms with E-state index in [1.165, 1.54) is 0 Å². The summed E-state index contributed by atoms with van der Waals surface area (Å²) < 4.78 is 1.80. The Balaban J connectivity index is 1.86. The smallest absolute Gasteiger partial charge is 0.229 e. The highest BCUT2D eigenvalue weighted by atomic mass is 15.3. The Bertz CT molecular complexity index is 953. The average molecular weight is 307 g/mol. The summed E-state index contributed by atoms with van der Waals surface area (Å²) in [7, 11) is 1.90. The molecule has 0 aromatic carbocycles. The van der Waals surface area contributed by atoms with Crippen molar-refractivity contribution in [1.82, 2.24) is 24.7 Å². The Labute approximate surface area is 133 Å². The fourth-order valence-electron chi connectivity index (χ4n) is 2.83. The van der Waals surface area contributed by atoms with E-state index in [9.17, 15) is 5.26 Å². The molecule has 4 rings (SSSR count). The molecule has 0 radical (unpaired) electrons. The first-order chi connectivity index (χ1) is 11.1. The highest BCUT2D eigenvalue weighted by molar-refractivity contribution is 5.88. The maximum Gasteiger partial charge on any atom is 0.229 e. The second-order valence-electron chi connectivity index (χ2n) is 6.06. The van der Waals surface area contributed by atoms with E-state index in [1.54, 1.807) is 10.9 Å². The van der Waals surface area contributed by atoms with Crippen LogP contribution in [0.15, 0.2) is 6.20 Å².